The number of benzene rings is 1. The van der Waals surface area contributed by atoms with E-state index in [-0.39, 0.29) is 6.04 Å². The number of nitrogens with one attached hydrogen (secondary N) is 1. The summed E-state index contributed by atoms with van der Waals surface area (Å²) in [7, 11) is -3.51. The lowest BCUT2D eigenvalue weighted by Gasteiger charge is -2.27. The largest absolute Gasteiger partial charge is 0.379 e. The summed E-state index contributed by atoms with van der Waals surface area (Å²) in [6.07, 6.45) is 0. The average molecular weight is 295 g/mol. The van der Waals surface area contributed by atoms with Gasteiger partial charge in [-0.2, -0.15) is 22.7 Å². The number of nitrogens with zero attached hydrogens (tertiary/aromatic N) is 2. The third kappa shape index (κ3) is 3.55. The molecule has 0 bridgehead atoms. The Kier molecular flexibility index (Phi) is 4.73. The maximum atomic E-state index is 12.2. The number of nitriles is 1. The Bertz CT molecular complexity index is 586. The molecule has 2 rings (SSSR count). The molecule has 108 valence electrons. The average Bonchev–Trinajstić information content (AvgIpc) is 2.48. The Balaban J connectivity index is 2.05. The molecular formula is C13H17N3O3S. The first kappa shape index (κ1) is 14.9. The van der Waals surface area contributed by atoms with Gasteiger partial charge in [0, 0.05) is 19.1 Å². The molecule has 0 aromatic heterocycles. The highest BCUT2D eigenvalue weighted by molar-refractivity contribution is 7.87. The van der Waals surface area contributed by atoms with Crippen molar-refractivity contribution in [3.8, 4) is 6.07 Å². The maximum Gasteiger partial charge on any atom is 0.280 e. The highest BCUT2D eigenvalue weighted by Gasteiger charge is 2.25. The lowest BCUT2D eigenvalue weighted by Crippen LogP contribution is -2.47. The number of rotatable bonds is 4. The highest BCUT2D eigenvalue weighted by atomic mass is 32.2. The molecule has 1 aliphatic heterocycles. The predicted octanol–water partition coefficient (Wildman–Crippen LogP) is 0.786. The summed E-state index contributed by atoms with van der Waals surface area (Å²) >= 11 is 0. The monoisotopic (exact) mass is 295 g/mol. The molecule has 1 aromatic carbocycles. The summed E-state index contributed by atoms with van der Waals surface area (Å²) in [5, 5.41) is 8.74. The van der Waals surface area contributed by atoms with Crippen molar-refractivity contribution in [2.75, 3.05) is 26.3 Å². The third-order valence-electron chi connectivity index (χ3n) is 3.18. The van der Waals surface area contributed by atoms with Crippen LogP contribution in [0.3, 0.4) is 0 Å². The molecule has 1 saturated heterocycles. The zero-order valence-electron chi connectivity index (χ0n) is 11.2. The van der Waals surface area contributed by atoms with Crippen LogP contribution in [0.1, 0.15) is 24.1 Å². The van der Waals surface area contributed by atoms with E-state index in [9.17, 15) is 8.42 Å². The second-order valence-electron chi connectivity index (χ2n) is 4.59. The lowest BCUT2D eigenvalue weighted by molar-refractivity contribution is 0.0723. The molecule has 20 heavy (non-hydrogen) atoms. The molecule has 1 aromatic rings. The van der Waals surface area contributed by atoms with Crippen LogP contribution in [0.2, 0.25) is 0 Å². The van der Waals surface area contributed by atoms with Gasteiger partial charge in [-0.3, -0.25) is 0 Å². The van der Waals surface area contributed by atoms with E-state index in [4.69, 9.17) is 10.00 Å². The second kappa shape index (κ2) is 6.33. The molecular weight excluding hydrogens is 278 g/mol. The molecule has 0 radical (unpaired) electrons. The number of hydrogen-bond acceptors (Lipinski definition) is 4. The molecule has 1 aliphatic rings. The van der Waals surface area contributed by atoms with Gasteiger partial charge in [-0.25, -0.2) is 0 Å². The topological polar surface area (TPSA) is 82.4 Å². The predicted molar refractivity (Wildman–Crippen MR) is 74.0 cm³/mol. The van der Waals surface area contributed by atoms with Crippen molar-refractivity contribution in [1.29, 1.82) is 5.26 Å². The smallest absolute Gasteiger partial charge is 0.280 e. The van der Waals surface area contributed by atoms with Gasteiger partial charge in [-0.1, -0.05) is 12.1 Å². The number of morpholine rings is 1. The van der Waals surface area contributed by atoms with E-state index in [2.05, 4.69) is 4.72 Å². The number of hydrogen-bond donors (Lipinski definition) is 1. The van der Waals surface area contributed by atoms with Gasteiger partial charge in [0.1, 0.15) is 0 Å². The van der Waals surface area contributed by atoms with Crippen LogP contribution in [0, 0.1) is 11.3 Å². The summed E-state index contributed by atoms with van der Waals surface area (Å²) in [6, 6.07) is 8.54. The maximum absolute atomic E-state index is 12.2. The Morgan fingerprint density at radius 2 is 1.90 bits per heavy atom. The van der Waals surface area contributed by atoms with Crippen molar-refractivity contribution in [2.24, 2.45) is 0 Å². The summed E-state index contributed by atoms with van der Waals surface area (Å²) in [6.45, 7) is 3.36. The van der Waals surface area contributed by atoms with Gasteiger partial charge < -0.3 is 4.74 Å². The quantitative estimate of drug-likeness (QED) is 0.890. The minimum Gasteiger partial charge on any atom is -0.379 e. The number of ether oxygens (including phenoxy) is 1. The van der Waals surface area contributed by atoms with E-state index in [1.807, 2.05) is 6.07 Å². The van der Waals surface area contributed by atoms with Gasteiger partial charge in [0.25, 0.3) is 10.2 Å². The lowest BCUT2D eigenvalue weighted by atomic mass is 10.1. The normalized spacial score (nSPS) is 18.4. The van der Waals surface area contributed by atoms with E-state index < -0.39 is 10.2 Å². The summed E-state index contributed by atoms with van der Waals surface area (Å²) in [4.78, 5) is 0. The minimum atomic E-state index is -3.51. The van der Waals surface area contributed by atoms with Crippen LogP contribution >= 0.6 is 0 Å². The Labute approximate surface area is 119 Å². The summed E-state index contributed by atoms with van der Waals surface area (Å²) in [5.41, 5.74) is 1.37. The van der Waals surface area contributed by atoms with Gasteiger partial charge in [0.2, 0.25) is 0 Å². The van der Waals surface area contributed by atoms with Crippen molar-refractivity contribution in [1.82, 2.24) is 9.03 Å². The zero-order valence-corrected chi connectivity index (χ0v) is 12.1. The molecule has 1 atom stereocenters. The van der Waals surface area contributed by atoms with Crippen LogP contribution in [-0.4, -0.2) is 39.0 Å². The van der Waals surface area contributed by atoms with Crippen LogP contribution in [-0.2, 0) is 14.9 Å². The first-order chi connectivity index (χ1) is 9.53. The minimum absolute atomic E-state index is 0.351. The molecule has 1 N–H and O–H groups in total. The first-order valence-corrected chi connectivity index (χ1v) is 7.82. The van der Waals surface area contributed by atoms with Crippen LogP contribution in [0.25, 0.3) is 0 Å². The van der Waals surface area contributed by atoms with Crippen molar-refractivity contribution in [3.63, 3.8) is 0 Å². The Morgan fingerprint density at radius 1 is 1.30 bits per heavy atom. The van der Waals surface area contributed by atoms with Crippen LogP contribution in [0.4, 0.5) is 0 Å². The van der Waals surface area contributed by atoms with Crippen molar-refractivity contribution in [2.45, 2.75) is 13.0 Å². The van der Waals surface area contributed by atoms with E-state index in [1.165, 1.54) is 4.31 Å². The Morgan fingerprint density at radius 3 is 2.45 bits per heavy atom. The zero-order chi connectivity index (χ0) is 14.6. The van der Waals surface area contributed by atoms with E-state index in [0.717, 1.165) is 5.56 Å². The molecule has 0 unspecified atom stereocenters. The first-order valence-electron chi connectivity index (χ1n) is 6.38. The summed E-state index contributed by atoms with van der Waals surface area (Å²) < 4.78 is 33.6. The van der Waals surface area contributed by atoms with Crippen molar-refractivity contribution in [3.05, 3.63) is 35.4 Å². The molecule has 0 aliphatic carbocycles. The van der Waals surface area contributed by atoms with Crippen LogP contribution < -0.4 is 4.72 Å². The van der Waals surface area contributed by atoms with Crippen LogP contribution in [0.5, 0.6) is 0 Å². The fraction of sp³-hybridized carbons (Fsp3) is 0.462. The molecule has 1 heterocycles. The van der Waals surface area contributed by atoms with Crippen molar-refractivity contribution < 1.29 is 13.2 Å². The van der Waals surface area contributed by atoms with Crippen LogP contribution in [0.15, 0.2) is 24.3 Å². The fourth-order valence-corrected chi connectivity index (χ4v) is 3.36. The highest BCUT2D eigenvalue weighted by Crippen LogP contribution is 2.15. The molecule has 6 nitrogen and oxygen atoms in total. The molecule has 7 heteroatoms. The molecule has 0 saturated carbocycles. The fourth-order valence-electron chi connectivity index (χ4n) is 2.00. The van der Waals surface area contributed by atoms with Gasteiger partial charge in [-0.05, 0) is 24.6 Å². The third-order valence-corrected chi connectivity index (χ3v) is 4.87. The standard InChI is InChI=1S/C13H17N3O3S/c1-11(13-4-2-12(10-14)3-5-13)15-20(17,18)16-6-8-19-9-7-16/h2-5,11,15H,6-9H2,1H3/t11-/m0/s1. The SMILES string of the molecule is C[C@H](NS(=O)(=O)N1CCOCC1)c1ccc(C#N)cc1. The van der Waals surface area contributed by atoms with Crippen molar-refractivity contribution >= 4 is 10.2 Å². The summed E-state index contributed by atoms with van der Waals surface area (Å²) in [5.74, 6) is 0. The molecule has 0 amide bonds. The van der Waals surface area contributed by atoms with E-state index in [0.29, 0.717) is 31.9 Å². The van der Waals surface area contributed by atoms with Gasteiger partial charge in [-0.15, -0.1) is 0 Å². The van der Waals surface area contributed by atoms with Gasteiger partial charge >= 0.3 is 0 Å². The van der Waals surface area contributed by atoms with E-state index in [1.54, 1.807) is 31.2 Å². The Hall–Kier alpha value is -1.46. The molecule has 1 fully saturated rings. The second-order valence-corrected chi connectivity index (χ2v) is 6.29. The molecule has 0 spiro atoms. The van der Waals surface area contributed by atoms with Gasteiger partial charge in [0.05, 0.1) is 24.8 Å². The van der Waals surface area contributed by atoms with E-state index >= 15 is 0 Å². The van der Waals surface area contributed by atoms with Gasteiger partial charge in [0.15, 0.2) is 0 Å².